The highest BCUT2D eigenvalue weighted by Crippen LogP contribution is 2.19. The summed E-state index contributed by atoms with van der Waals surface area (Å²) in [5, 5.41) is 5.86. The SMILES string of the molecule is COC(=O)c1cccc(Nc2ncc(C(=O)NC3CC3)cn2)c1. The van der Waals surface area contributed by atoms with Crippen molar-refractivity contribution in [3.63, 3.8) is 0 Å². The lowest BCUT2D eigenvalue weighted by Gasteiger charge is -2.07. The van der Waals surface area contributed by atoms with Crippen LogP contribution in [-0.2, 0) is 4.74 Å². The Hall–Kier alpha value is -2.96. The number of benzene rings is 1. The number of hydrogen-bond acceptors (Lipinski definition) is 6. The molecule has 1 heterocycles. The first kappa shape index (κ1) is 15.0. The molecule has 1 aliphatic carbocycles. The van der Waals surface area contributed by atoms with Gasteiger partial charge in [-0.2, -0.15) is 0 Å². The lowest BCUT2D eigenvalue weighted by Crippen LogP contribution is -2.25. The largest absolute Gasteiger partial charge is 0.465 e. The van der Waals surface area contributed by atoms with Gasteiger partial charge in [-0.05, 0) is 31.0 Å². The van der Waals surface area contributed by atoms with Crippen LogP contribution in [0, 0.1) is 0 Å². The number of anilines is 2. The molecule has 1 saturated carbocycles. The zero-order valence-corrected chi connectivity index (χ0v) is 12.6. The van der Waals surface area contributed by atoms with Crippen LogP contribution in [0.4, 0.5) is 11.6 Å². The van der Waals surface area contributed by atoms with Gasteiger partial charge < -0.3 is 15.4 Å². The van der Waals surface area contributed by atoms with Gasteiger partial charge in [0.15, 0.2) is 0 Å². The van der Waals surface area contributed by atoms with Gasteiger partial charge >= 0.3 is 5.97 Å². The number of nitrogens with one attached hydrogen (secondary N) is 2. The minimum absolute atomic E-state index is 0.160. The van der Waals surface area contributed by atoms with Crippen molar-refractivity contribution in [1.29, 1.82) is 0 Å². The van der Waals surface area contributed by atoms with E-state index in [1.807, 2.05) is 0 Å². The number of ether oxygens (including phenoxy) is 1. The second-order valence-electron chi connectivity index (χ2n) is 5.24. The second kappa shape index (κ2) is 6.43. The fourth-order valence-corrected chi connectivity index (χ4v) is 1.98. The molecule has 2 N–H and O–H groups in total. The minimum atomic E-state index is -0.415. The van der Waals surface area contributed by atoms with Gasteiger partial charge in [-0.1, -0.05) is 6.07 Å². The first-order chi connectivity index (χ1) is 11.2. The number of hydrogen-bond donors (Lipinski definition) is 2. The summed E-state index contributed by atoms with van der Waals surface area (Å²) in [6.45, 7) is 0. The van der Waals surface area contributed by atoms with E-state index >= 15 is 0 Å². The Morgan fingerprint density at radius 3 is 2.57 bits per heavy atom. The quantitative estimate of drug-likeness (QED) is 0.819. The van der Waals surface area contributed by atoms with E-state index in [1.165, 1.54) is 19.5 Å². The Balaban J connectivity index is 1.68. The fourth-order valence-electron chi connectivity index (χ4n) is 1.98. The van der Waals surface area contributed by atoms with E-state index in [4.69, 9.17) is 0 Å². The predicted octanol–water partition coefficient (Wildman–Crippen LogP) is 1.90. The molecule has 118 valence electrons. The van der Waals surface area contributed by atoms with E-state index in [0.717, 1.165) is 12.8 Å². The smallest absolute Gasteiger partial charge is 0.337 e. The van der Waals surface area contributed by atoms with Crippen LogP contribution in [0.1, 0.15) is 33.6 Å². The minimum Gasteiger partial charge on any atom is -0.465 e. The molecule has 23 heavy (non-hydrogen) atoms. The third kappa shape index (κ3) is 3.82. The topological polar surface area (TPSA) is 93.2 Å². The van der Waals surface area contributed by atoms with Crippen molar-refractivity contribution in [3.8, 4) is 0 Å². The first-order valence-electron chi connectivity index (χ1n) is 7.24. The van der Waals surface area contributed by atoms with Gasteiger partial charge in [-0.3, -0.25) is 4.79 Å². The average Bonchev–Trinajstić information content (AvgIpc) is 3.39. The van der Waals surface area contributed by atoms with Crippen molar-refractivity contribution in [2.24, 2.45) is 0 Å². The molecular formula is C16H16N4O3. The number of rotatable bonds is 5. The zero-order valence-electron chi connectivity index (χ0n) is 12.6. The van der Waals surface area contributed by atoms with Crippen molar-refractivity contribution in [2.75, 3.05) is 12.4 Å². The number of esters is 1. The number of carbonyl (C=O) groups excluding carboxylic acids is 2. The summed E-state index contributed by atoms with van der Waals surface area (Å²) in [5.74, 6) is -0.233. The molecule has 3 rings (SSSR count). The molecule has 0 radical (unpaired) electrons. The van der Waals surface area contributed by atoms with Gasteiger partial charge in [-0.25, -0.2) is 14.8 Å². The molecule has 7 nitrogen and oxygen atoms in total. The van der Waals surface area contributed by atoms with E-state index in [2.05, 4.69) is 25.3 Å². The van der Waals surface area contributed by atoms with Crippen molar-refractivity contribution >= 4 is 23.5 Å². The van der Waals surface area contributed by atoms with Crippen LogP contribution >= 0.6 is 0 Å². The summed E-state index contributed by atoms with van der Waals surface area (Å²) < 4.78 is 4.68. The van der Waals surface area contributed by atoms with E-state index < -0.39 is 5.97 Å². The van der Waals surface area contributed by atoms with Crippen LogP contribution in [0.2, 0.25) is 0 Å². The van der Waals surface area contributed by atoms with Crippen molar-refractivity contribution in [1.82, 2.24) is 15.3 Å². The lowest BCUT2D eigenvalue weighted by molar-refractivity contribution is 0.0600. The normalized spacial score (nSPS) is 13.3. The Morgan fingerprint density at radius 2 is 1.91 bits per heavy atom. The van der Waals surface area contributed by atoms with Gasteiger partial charge in [0.2, 0.25) is 5.95 Å². The summed E-state index contributed by atoms with van der Waals surface area (Å²) in [7, 11) is 1.33. The Labute approximate surface area is 133 Å². The standard InChI is InChI=1S/C16H16N4O3/c1-23-15(22)10-3-2-4-13(7-10)20-16-17-8-11(9-18-16)14(21)19-12-5-6-12/h2-4,7-9,12H,5-6H2,1H3,(H,19,21)(H,17,18,20). The maximum atomic E-state index is 11.9. The van der Waals surface area contributed by atoms with E-state index in [0.29, 0.717) is 28.8 Å². The third-order valence-corrected chi connectivity index (χ3v) is 3.37. The van der Waals surface area contributed by atoms with Crippen LogP contribution in [0.25, 0.3) is 0 Å². The molecule has 1 aromatic heterocycles. The van der Waals surface area contributed by atoms with Crippen LogP contribution < -0.4 is 10.6 Å². The second-order valence-corrected chi connectivity index (χ2v) is 5.24. The fraction of sp³-hybridized carbons (Fsp3) is 0.250. The summed E-state index contributed by atoms with van der Waals surface area (Å²) in [6, 6.07) is 7.10. The molecule has 0 saturated heterocycles. The number of amides is 1. The maximum absolute atomic E-state index is 11.9. The Bertz CT molecular complexity index is 726. The van der Waals surface area contributed by atoms with Gasteiger partial charge in [0.05, 0.1) is 18.2 Å². The van der Waals surface area contributed by atoms with Crippen molar-refractivity contribution < 1.29 is 14.3 Å². The molecule has 0 aliphatic heterocycles. The molecular weight excluding hydrogens is 296 g/mol. The maximum Gasteiger partial charge on any atom is 0.337 e. The summed E-state index contributed by atoms with van der Waals surface area (Å²) in [6.07, 6.45) is 5.00. The molecule has 7 heteroatoms. The molecule has 0 spiro atoms. The van der Waals surface area contributed by atoms with Crippen molar-refractivity contribution in [2.45, 2.75) is 18.9 Å². The van der Waals surface area contributed by atoms with Crippen molar-refractivity contribution in [3.05, 3.63) is 47.8 Å². The summed E-state index contributed by atoms with van der Waals surface area (Å²) in [5.41, 5.74) is 1.51. The number of aromatic nitrogens is 2. The summed E-state index contributed by atoms with van der Waals surface area (Å²) in [4.78, 5) is 31.6. The zero-order chi connectivity index (χ0) is 16.2. The third-order valence-electron chi connectivity index (χ3n) is 3.37. The predicted molar refractivity (Wildman–Crippen MR) is 83.6 cm³/mol. The number of methoxy groups -OCH3 is 1. The Morgan fingerprint density at radius 1 is 1.17 bits per heavy atom. The van der Waals surface area contributed by atoms with E-state index in [1.54, 1.807) is 24.3 Å². The van der Waals surface area contributed by atoms with Crippen LogP contribution in [0.3, 0.4) is 0 Å². The molecule has 2 aromatic rings. The number of nitrogens with zero attached hydrogens (tertiary/aromatic N) is 2. The Kier molecular flexibility index (Phi) is 4.18. The van der Waals surface area contributed by atoms with Gasteiger partial charge in [0.25, 0.3) is 5.91 Å². The molecule has 1 fully saturated rings. The monoisotopic (exact) mass is 312 g/mol. The van der Waals surface area contributed by atoms with E-state index in [-0.39, 0.29) is 5.91 Å². The van der Waals surface area contributed by atoms with E-state index in [9.17, 15) is 9.59 Å². The summed E-state index contributed by atoms with van der Waals surface area (Å²) >= 11 is 0. The van der Waals surface area contributed by atoms with Crippen LogP contribution in [0.5, 0.6) is 0 Å². The number of carbonyl (C=O) groups is 2. The van der Waals surface area contributed by atoms with Gasteiger partial charge in [0, 0.05) is 24.1 Å². The van der Waals surface area contributed by atoms with Gasteiger partial charge in [0.1, 0.15) is 0 Å². The molecule has 0 atom stereocenters. The molecule has 0 unspecified atom stereocenters. The lowest BCUT2D eigenvalue weighted by atomic mass is 10.2. The molecule has 1 aromatic carbocycles. The molecule has 0 bridgehead atoms. The van der Waals surface area contributed by atoms with Crippen LogP contribution in [0.15, 0.2) is 36.7 Å². The van der Waals surface area contributed by atoms with Crippen LogP contribution in [-0.4, -0.2) is 35.0 Å². The highest BCUT2D eigenvalue weighted by atomic mass is 16.5. The highest BCUT2D eigenvalue weighted by molar-refractivity contribution is 5.94. The molecule has 1 aliphatic rings. The highest BCUT2D eigenvalue weighted by Gasteiger charge is 2.24. The average molecular weight is 312 g/mol. The van der Waals surface area contributed by atoms with Gasteiger partial charge in [-0.15, -0.1) is 0 Å². The molecule has 1 amide bonds. The first-order valence-corrected chi connectivity index (χ1v) is 7.24.